The van der Waals surface area contributed by atoms with Gasteiger partial charge in [0.05, 0.1) is 10.6 Å². The van der Waals surface area contributed by atoms with Crippen molar-refractivity contribution in [2.75, 3.05) is 35.6 Å². The van der Waals surface area contributed by atoms with E-state index < -0.39 is 10.0 Å². The van der Waals surface area contributed by atoms with Gasteiger partial charge in [-0.15, -0.1) is 11.8 Å². The molecule has 0 aliphatic carbocycles. The van der Waals surface area contributed by atoms with Crippen LogP contribution in [0.3, 0.4) is 0 Å². The quantitative estimate of drug-likeness (QED) is 0.718. The molecule has 2 amide bonds. The van der Waals surface area contributed by atoms with E-state index in [0.717, 1.165) is 28.9 Å². The largest absolute Gasteiger partial charge is 0.324 e. The molecule has 7 nitrogen and oxygen atoms in total. The Morgan fingerprint density at radius 1 is 1.12 bits per heavy atom. The van der Waals surface area contributed by atoms with E-state index in [0.29, 0.717) is 30.2 Å². The summed E-state index contributed by atoms with van der Waals surface area (Å²) in [6.07, 6.45) is 1.98. The lowest BCUT2D eigenvalue weighted by Crippen LogP contribution is -2.38. The molecule has 1 fully saturated rings. The Morgan fingerprint density at radius 2 is 1.88 bits per heavy atom. The number of hydrogen-bond donors (Lipinski definition) is 1. The van der Waals surface area contributed by atoms with Crippen LogP contribution in [0.4, 0.5) is 11.4 Å². The lowest BCUT2D eigenvalue weighted by molar-refractivity contribution is -0.121. The number of rotatable bonds is 5. The number of aryl methyl sites for hydroxylation is 1. The highest BCUT2D eigenvalue weighted by molar-refractivity contribution is 7.99. The first kappa shape index (κ1) is 22.8. The predicted octanol–water partition coefficient (Wildman–Crippen LogP) is 3.56. The van der Waals surface area contributed by atoms with Crippen LogP contribution in [0.2, 0.25) is 0 Å². The third-order valence-corrected chi connectivity index (χ3v) is 8.94. The number of sulfonamides is 1. The van der Waals surface area contributed by atoms with E-state index in [2.05, 4.69) is 5.32 Å². The van der Waals surface area contributed by atoms with Gasteiger partial charge >= 0.3 is 0 Å². The van der Waals surface area contributed by atoms with Gasteiger partial charge in [0.2, 0.25) is 21.8 Å². The normalized spacial score (nSPS) is 17.2. The molecule has 9 heteroatoms. The monoisotopic (exact) mass is 473 g/mol. The zero-order valence-electron chi connectivity index (χ0n) is 18.3. The zero-order valence-corrected chi connectivity index (χ0v) is 19.9. The molecule has 1 N–H and O–H groups in total. The third-order valence-electron chi connectivity index (χ3n) is 5.98. The van der Waals surface area contributed by atoms with Gasteiger partial charge in [0.1, 0.15) is 6.54 Å². The first-order chi connectivity index (χ1) is 15.3. The Balaban J connectivity index is 1.63. The van der Waals surface area contributed by atoms with Crippen molar-refractivity contribution in [2.24, 2.45) is 0 Å². The second-order valence-corrected chi connectivity index (χ2v) is 11.2. The molecular weight excluding hydrogens is 446 g/mol. The molecule has 2 aliphatic rings. The fraction of sp³-hybridized carbons (Fsp3) is 0.391. The number of nitrogens with one attached hydrogen (secondary N) is 1. The van der Waals surface area contributed by atoms with Crippen molar-refractivity contribution in [3.05, 3.63) is 47.5 Å². The molecular formula is C23H27N3O4S2. The first-order valence-electron chi connectivity index (χ1n) is 10.7. The number of nitrogens with zero attached hydrogens (tertiary/aromatic N) is 2. The number of anilines is 2. The molecule has 32 heavy (non-hydrogen) atoms. The number of fused-ring (bicyclic) bond motifs is 1. The molecule has 0 saturated carbocycles. The van der Waals surface area contributed by atoms with Gasteiger partial charge < -0.3 is 10.2 Å². The number of benzene rings is 2. The van der Waals surface area contributed by atoms with Crippen LogP contribution >= 0.6 is 11.8 Å². The highest BCUT2D eigenvalue weighted by atomic mass is 32.2. The average molecular weight is 474 g/mol. The van der Waals surface area contributed by atoms with Gasteiger partial charge in [-0.3, -0.25) is 9.59 Å². The van der Waals surface area contributed by atoms with Crippen molar-refractivity contribution in [3.63, 3.8) is 0 Å². The third kappa shape index (κ3) is 4.55. The Kier molecular flexibility index (Phi) is 6.60. The van der Waals surface area contributed by atoms with Crippen LogP contribution in [0.25, 0.3) is 0 Å². The highest BCUT2D eigenvalue weighted by Gasteiger charge is 2.31. The van der Waals surface area contributed by atoms with E-state index in [1.54, 1.807) is 18.2 Å². The second kappa shape index (κ2) is 9.25. The number of hydrogen-bond acceptors (Lipinski definition) is 5. The lowest BCUT2D eigenvalue weighted by atomic mass is 10.1. The molecule has 1 saturated heterocycles. The van der Waals surface area contributed by atoms with Gasteiger partial charge in [0.15, 0.2) is 0 Å². The minimum atomic E-state index is -3.63. The fourth-order valence-electron chi connectivity index (χ4n) is 3.98. The summed E-state index contributed by atoms with van der Waals surface area (Å²) in [4.78, 5) is 28.1. The van der Waals surface area contributed by atoms with E-state index in [-0.39, 0.29) is 29.7 Å². The maximum absolute atomic E-state index is 13.1. The van der Waals surface area contributed by atoms with Crippen LogP contribution in [0.5, 0.6) is 0 Å². The van der Waals surface area contributed by atoms with Gasteiger partial charge in [0.25, 0.3) is 0 Å². The van der Waals surface area contributed by atoms with Crippen LogP contribution in [0, 0.1) is 13.8 Å². The Bertz CT molecular complexity index is 1160. The zero-order chi connectivity index (χ0) is 22.9. The molecule has 2 aliphatic heterocycles. The van der Waals surface area contributed by atoms with Crippen molar-refractivity contribution < 1.29 is 18.0 Å². The van der Waals surface area contributed by atoms with E-state index >= 15 is 0 Å². The van der Waals surface area contributed by atoms with Crippen molar-refractivity contribution in [3.8, 4) is 0 Å². The number of thioether (sulfide) groups is 1. The lowest BCUT2D eigenvalue weighted by Gasteiger charge is -2.24. The summed E-state index contributed by atoms with van der Waals surface area (Å²) in [5.41, 5.74) is 3.22. The molecule has 0 bridgehead atoms. The van der Waals surface area contributed by atoms with Gasteiger partial charge in [-0.1, -0.05) is 12.1 Å². The van der Waals surface area contributed by atoms with E-state index in [9.17, 15) is 18.0 Å². The second-order valence-electron chi connectivity index (χ2n) is 8.11. The summed E-state index contributed by atoms with van der Waals surface area (Å²) in [6, 6.07) is 10.6. The van der Waals surface area contributed by atoms with Crippen LogP contribution in [0.15, 0.2) is 46.2 Å². The van der Waals surface area contributed by atoms with E-state index in [1.807, 2.05) is 32.0 Å². The van der Waals surface area contributed by atoms with E-state index in [4.69, 9.17) is 0 Å². The van der Waals surface area contributed by atoms with Crippen molar-refractivity contribution >= 4 is 45.0 Å². The molecule has 170 valence electrons. The summed E-state index contributed by atoms with van der Waals surface area (Å²) in [5, 5.41) is 2.89. The summed E-state index contributed by atoms with van der Waals surface area (Å²) >= 11 is 1.50. The van der Waals surface area contributed by atoms with Crippen LogP contribution in [-0.2, 0) is 19.6 Å². The fourth-order valence-corrected chi connectivity index (χ4v) is 6.49. The van der Waals surface area contributed by atoms with Gasteiger partial charge in [-0.25, -0.2) is 8.42 Å². The van der Waals surface area contributed by atoms with Gasteiger partial charge in [-0.05, 0) is 62.1 Å². The van der Waals surface area contributed by atoms with Crippen LogP contribution < -0.4 is 10.2 Å². The molecule has 0 unspecified atom stereocenters. The molecule has 0 radical (unpaired) electrons. The molecule has 0 spiro atoms. The summed E-state index contributed by atoms with van der Waals surface area (Å²) < 4.78 is 27.6. The van der Waals surface area contributed by atoms with Gasteiger partial charge in [0, 0.05) is 35.8 Å². The Hall–Kier alpha value is -2.36. The summed E-state index contributed by atoms with van der Waals surface area (Å²) in [6.45, 7) is 4.75. The first-order valence-corrected chi connectivity index (χ1v) is 13.1. The highest BCUT2D eigenvalue weighted by Crippen LogP contribution is 2.37. The topological polar surface area (TPSA) is 86.8 Å². The minimum Gasteiger partial charge on any atom is -0.324 e. The molecule has 0 atom stereocenters. The minimum absolute atomic E-state index is 0.161. The molecule has 4 rings (SSSR count). The standard InChI is InChI=1S/C23H27N3O4S2/c1-16-6-5-7-19(17(16)2)24-22(27)15-26-20-14-18(32(29,30)25-11-3-4-12-25)8-9-21(20)31-13-10-23(26)28/h5-9,14H,3-4,10-13,15H2,1-2H3,(H,24,27). The Labute approximate surface area is 193 Å². The van der Waals surface area contributed by atoms with Crippen molar-refractivity contribution in [2.45, 2.75) is 42.9 Å². The van der Waals surface area contributed by atoms with Gasteiger partial charge in [-0.2, -0.15) is 4.31 Å². The van der Waals surface area contributed by atoms with Crippen molar-refractivity contribution in [1.29, 1.82) is 0 Å². The summed E-state index contributed by atoms with van der Waals surface area (Å²) in [7, 11) is -3.63. The smallest absolute Gasteiger partial charge is 0.244 e. The maximum Gasteiger partial charge on any atom is 0.244 e. The van der Waals surface area contributed by atoms with E-state index in [1.165, 1.54) is 21.0 Å². The number of carbonyl (C=O) groups is 2. The summed E-state index contributed by atoms with van der Waals surface area (Å²) in [5.74, 6) is 0.0693. The van der Waals surface area contributed by atoms with Crippen LogP contribution in [0.1, 0.15) is 30.4 Å². The Morgan fingerprint density at radius 3 is 2.62 bits per heavy atom. The molecule has 2 heterocycles. The van der Waals surface area contributed by atoms with Crippen molar-refractivity contribution in [1.82, 2.24) is 4.31 Å². The number of amides is 2. The molecule has 0 aromatic heterocycles. The average Bonchev–Trinajstić information content (AvgIpc) is 3.26. The molecule has 2 aromatic carbocycles. The maximum atomic E-state index is 13.1. The van der Waals surface area contributed by atoms with Crippen LogP contribution in [-0.4, -0.2) is 49.9 Å². The number of carbonyl (C=O) groups excluding carboxylic acids is 2. The SMILES string of the molecule is Cc1cccc(NC(=O)CN2C(=O)CCSc3ccc(S(=O)(=O)N4CCCC4)cc32)c1C. The molecule has 2 aromatic rings. The predicted molar refractivity (Wildman–Crippen MR) is 127 cm³/mol.